The minimum Gasteiger partial charge on any atom is -0.493 e. The molecule has 1 aromatic carbocycles. The molecule has 0 atom stereocenters. The first-order valence-electron chi connectivity index (χ1n) is 6.76. The van der Waals surface area contributed by atoms with Crippen molar-refractivity contribution in [1.29, 1.82) is 0 Å². The predicted octanol–water partition coefficient (Wildman–Crippen LogP) is 1.99. The van der Waals surface area contributed by atoms with E-state index in [1.165, 1.54) is 23.9 Å². The van der Waals surface area contributed by atoms with Crippen LogP contribution in [0.1, 0.15) is 17.3 Å². The van der Waals surface area contributed by atoms with Crippen LogP contribution in [0, 0.1) is 10.1 Å². The molecule has 0 saturated heterocycles. The molecule has 0 unspecified atom stereocenters. The predicted molar refractivity (Wildman–Crippen MR) is 82.0 cm³/mol. The van der Waals surface area contributed by atoms with Crippen molar-refractivity contribution in [3.63, 3.8) is 0 Å². The number of nitro groups is 1. The van der Waals surface area contributed by atoms with Gasteiger partial charge in [-0.1, -0.05) is 0 Å². The molecule has 9 heteroatoms. The van der Waals surface area contributed by atoms with Gasteiger partial charge in [0.2, 0.25) is 0 Å². The zero-order chi connectivity index (χ0) is 17.0. The van der Waals surface area contributed by atoms with Crippen LogP contribution in [0.15, 0.2) is 24.4 Å². The van der Waals surface area contributed by atoms with Gasteiger partial charge in [0.15, 0.2) is 17.3 Å². The van der Waals surface area contributed by atoms with Crippen molar-refractivity contribution in [1.82, 2.24) is 9.78 Å². The summed E-state index contributed by atoms with van der Waals surface area (Å²) in [5, 5.41) is 17.7. The third-order valence-electron chi connectivity index (χ3n) is 2.98. The molecule has 2 aromatic rings. The average molecular weight is 320 g/mol. The molecule has 0 fully saturated rings. The molecule has 2 rings (SSSR count). The van der Waals surface area contributed by atoms with Gasteiger partial charge >= 0.3 is 0 Å². The number of nitrogens with one attached hydrogen (secondary N) is 1. The van der Waals surface area contributed by atoms with Gasteiger partial charge in [-0.15, -0.1) is 0 Å². The van der Waals surface area contributed by atoms with Crippen LogP contribution < -0.4 is 14.8 Å². The van der Waals surface area contributed by atoms with Gasteiger partial charge in [0.25, 0.3) is 11.6 Å². The highest BCUT2D eigenvalue weighted by Gasteiger charge is 2.25. The maximum absolute atomic E-state index is 12.3. The number of anilines is 1. The lowest BCUT2D eigenvalue weighted by molar-refractivity contribution is -0.385. The Labute approximate surface area is 132 Å². The first kappa shape index (κ1) is 16.3. The third kappa shape index (κ3) is 3.57. The molecule has 0 radical (unpaired) electrons. The quantitative estimate of drug-likeness (QED) is 0.644. The van der Waals surface area contributed by atoms with E-state index in [-0.39, 0.29) is 22.7 Å². The summed E-state index contributed by atoms with van der Waals surface area (Å²) in [5.74, 6) is 0.0827. The van der Waals surface area contributed by atoms with Crippen molar-refractivity contribution in [3.8, 4) is 11.5 Å². The number of ether oxygens (including phenoxy) is 2. The minimum absolute atomic E-state index is 0.134. The lowest BCUT2D eigenvalue weighted by Gasteiger charge is -2.11. The Hall–Kier alpha value is -3.10. The van der Waals surface area contributed by atoms with Gasteiger partial charge in [0.1, 0.15) is 5.56 Å². The van der Waals surface area contributed by atoms with Crippen LogP contribution in [-0.4, -0.2) is 34.3 Å². The van der Waals surface area contributed by atoms with Crippen molar-refractivity contribution in [2.75, 3.05) is 19.0 Å². The second-order valence-electron chi connectivity index (χ2n) is 4.54. The van der Waals surface area contributed by atoms with Gasteiger partial charge in [-0.2, -0.15) is 5.10 Å². The number of benzene rings is 1. The standard InChI is InChI=1S/C14H16N4O5/c1-4-23-12-7-9(10(18(20)21)8-11(12)22-3)14(19)15-13-5-6-17(2)16-13/h5-8H,4H2,1-3H3,(H,15,16,19). The number of carbonyl (C=O) groups is 1. The molecule has 0 aliphatic carbocycles. The van der Waals surface area contributed by atoms with Crippen LogP contribution in [-0.2, 0) is 7.05 Å². The van der Waals surface area contributed by atoms with Crippen molar-refractivity contribution in [3.05, 3.63) is 40.1 Å². The Bertz CT molecular complexity index is 741. The van der Waals surface area contributed by atoms with E-state index < -0.39 is 10.8 Å². The van der Waals surface area contributed by atoms with Crippen LogP contribution in [0.3, 0.4) is 0 Å². The summed E-state index contributed by atoms with van der Waals surface area (Å²) in [5.41, 5.74) is -0.511. The zero-order valence-electron chi connectivity index (χ0n) is 12.9. The fraction of sp³-hybridized carbons (Fsp3) is 0.286. The first-order valence-corrected chi connectivity index (χ1v) is 6.76. The molecular weight excluding hydrogens is 304 g/mol. The van der Waals surface area contributed by atoms with E-state index in [9.17, 15) is 14.9 Å². The number of nitrogens with zero attached hydrogens (tertiary/aromatic N) is 3. The molecule has 0 spiro atoms. The number of aromatic nitrogens is 2. The highest BCUT2D eigenvalue weighted by Crippen LogP contribution is 2.35. The van der Waals surface area contributed by atoms with Gasteiger partial charge in [-0.05, 0) is 6.92 Å². The summed E-state index contributed by atoms with van der Waals surface area (Å²) in [6.45, 7) is 2.09. The summed E-state index contributed by atoms with van der Waals surface area (Å²) >= 11 is 0. The van der Waals surface area contributed by atoms with Gasteiger partial charge in [-0.3, -0.25) is 19.6 Å². The van der Waals surface area contributed by atoms with Gasteiger partial charge in [-0.25, -0.2) is 0 Å². The van der Waals surface area contributed by atoms with E-state index in [0.717, 1.165) is 0 Å². The lowest BCUT2D eigenvalue weighted by Crippen LogP contribution is -2.15. The van der Waals surface area contributed by atoms with Crippen molar-refractivity contribution in [2.45, 2.75) is 6.92 Å². The first-order chi connectivity index (χ1) is 11.0. The van der Waals surface area contributed by atoms with Crippen LogP contribution in [0.5, 0.6) is 11.5 Å². The van der Waals surface area contributed by atoms with E-state index in [1.54, 1.807) is 26.2 Å². The molecule has 1 N–H and O–H groups in total. The summed E-state index contributed by atoms with van der Waals surface area (Å²) in [7, 11) is 3.06. The Balaban J connectivity index is 2.43. The van der Waals surface area contributed by atoms with Crippen molar-refractivity contribution < 1.29 is 19.2 Å². The van der Waals surface area contributed by atoms with Crippen molar-refractivity contribution in [2.24, 2.45) is 7.05 Å². The number of carbonyl (C=O) groups excluding carboxylic acids is 1. The second-order valence-corrected chi connectivity index (χ2v) is 4.54. The lowest BCUT2D eigenvalue weighted by atomic mass is 10.1. The molecular formula is C14H16N4O5. The van der Waals surface area contributed by atoms with Crippen LogP contribution in [0.4, 0.5) is 11.5 Å². The van der Waals surface area contributed by atoms with E-state index in [4.69, 9.17) is 9.47 Å². The molecule has 0 saturated carbocycles. The fourth-order valence-corrected chi connectivity index (χ4v) is 1.98. The Kier molecular flexibility index (Phi) is 4.79. The maximum atomic E-state index is 12.3. The molecule has 1 aromatic heterocycles. The fourth-order valence-electron chi connectivity index (χ4n) is 1.98. The average Bonchev–Trinajstić information content (AvgIpc) is 2.91. The van der Waals surface area contributed by atoms with E-state index in [0.29, 0.717) is 12.4 Å². The van der Waals surface area contributed by atoms with Crippen LogP contribution in [0.25, 0.3) is 0 Å². The number of hydrogen-bond donors (Lipinski definition) is 1. The normalized spacial score (nSPS) is 10.2. The smallest absolute Gasteiger partial charge is 0.286 e. The summed E-state index contributed by atoms with van der Waals surface area (Å²) in [6, 6.07) is 4.04. The van der Waals surface area contributed by atoms with E-state index >= 15 is 0 Å². The topological polar surface area (TPSA) is 109 Å². The molecule has 1 amide bonds. The highest BCUT2D eigenvalue weighted by atomic mass is 16.6. The molecule has 0 aliphatic rings. The van der Waals surface area contributed by atoms with Crippen LogP contribution in [0.2, 0.25) is 0 Å². The van der Waals surface area contributed by atoms with Gasteiger partial charge < -0.3 is 14.8 Å². The monoisotopic (exact) mass is 320 g/mol. The minimum atomic E-state index is -0.654. The van der Waals surface area contributed by atoms with E-state index in [1.807, 2.05) is 0 Å². The summed E-state index contributed by atoms with van der Waals surface area (Å²) < 4.78 is 11.9. The Morgan fingerprint density at radius 3 is 2.70 bits per heavy atom. The van der Waals surface area contributed by atoms with Gasteiger partial charge in [0, 0.05) is 25.4 Å². The summed E-state index contributed by atoms with van der Waals surface area (Å²) in [4.78, 5) is 22.9. The maximum Gasteiger partial charge on any atom is 0.286 e. The molecule has 0 bridgehead atoms. The largest absolute Gasteiger partial charge is 0.493 e. The number of rotatable bonds is 6. The zero-order valence-corrected chi connectivity index (χ0v) is 12.9. The molecule has 0 aliphatic heterocycles. The molecule has 9 nitrogen and oxygen atoms in total. The number of nitro benzene ring substituents is 1. The van der Waals surface area contributed by atoms with Crippen molar-refractivity contribution >= 4 is 17.4 Å². The van der Waals surface area contributed by atoms with E-state index in [2.05, 4.69) is 10.4 Å². The summed E-state index contributed by atoms with van der Waals surface area (Å²) in [6.07, 6.45) is 1.64. The Morgan fingerprint density at radius 1 is 1.43 bits per heavy atom. The number of methoxy groups -OCH3 is 1. The highest BCUT2D eigenvalue weighted by molar-refractivity contribution is 6.07. The SMILES string of the molecule is CCOc1cc(C(=O)Nc2ccn(C)n2)c([N+](=O)[O-])cc1OC. The van der Waals surface area contributed by atoms with Gasteiger partial charge in [0.05, 0.1) is 24.7 Å². The molecule has 23 heavy (non-hydrogen) atoms. The number of hydrogen-bond acceptors (Lipinski definition) is 6. The molecule has 1 heterocycles. The second kappa shape index (κ2) is 6.77. The van der Waals surface area contributed by atoms with Crippen LogP contribution >= 0.6 is 0 Å². The third-order valence-corrected chi connectivity index (χ3v) is 2.98. The number of amides is 1. The Morgan fingerprint density at radius 2 is 2.17 bits per heavy atom. The number of aryl methyl sites for hydroxylation is 1. The molecule has 122 valence electrons.